The third kappa shape index (κ3) is 8.66. The van der Waals surface area contributed by atoms with E-state index in [9.17, 15) is 28.1 Å². The van der Waals surface area contributed by atoms with Gasteiger partial charge < -0.3 is 10.2 Å². The Balaban J connectivity index is 2.12. The van der Waals surface area contributed by atoms with Crippen LogP contribution in [0.4, 0.5) is 11.4 Å². The fourth-order valence-electron chi connectivity index (χ4n) is 4.16. The Labute approximate surface area is 249 Å². The molecule has 3 rings (SSSR count). The summed E-state index contributed by atoms with van der Waals surface area (Å²) < 4.78 is 26.5. The second kappa shape index (κ2) is 13.8. The number of non-ortho nitro benzene ring substituents is 1. The lowest BCUT2D eigenvalue weighted by Crippen LogP contribution is -2.54. The summed E-state index contributed by atoms with van der Waals surface area (Å²) >= 11 is 12.9. The number of amides is 2. The lowest BCUT2D eigenvalue weighted by molar-refractivity contribution is -0.384. The van der Waals surface area contributed by atoms with E-state index in [0.717, 1.165) is 22.2 Å². The van der Waals surface area contributed by atoms with Crippen LogP contribution in [0.15, 0.2) is 72.8 Å². The van der Waals surface area contributed by atoms with Gasteiger partial charge in [0.05, 0.1) is 16.9 Å². The first-order chi connectivity index (χ1) is 19.3. The number of benzene rings is 3. The summed E-state index contributed by atoms with van der Waals surface area (Å²) in [4.78, 5) is 39.5. The Morgan fingerprint density at radius 1 is 0.976 bits per heavy atom. The topological polar surface area (TPSA) is 130 Å². The highest BCUT2D eigenvalue weighted by atomic mass is 35.5. The Kier molecular flexibility index (Phi) is 10.7. The Morgan fingerprint density at radius 2 is 1.59 bits per heavy atom. The molecule has 1 atom stereocenters. The van der Waals surface area contributed by atoms with Crippen molar-refractivity contribution in [1.29, 1.82) is 0 Å². The smallest absolute Gasteiger partial charge is 0.271 e. The first kappa shape index (κ1) is 31.9. The predicted octanol–water partition coefficient (Wildman–Crippen LogP) is 4.83. The number of nitrogens with one attached hydrogen (secondary N) is 1. The molecule has 0 unspecified atom stereocenters. The number of carbonyl (C=O) groups excluding carboxylic acids is 2. The number of nitro groups is 1. The van der Waals surface area contributed by atoms with E-state index in [1.54, 1.807) is 44.2 Å². The minimum Gasteiger partial charge on any atom is -0.352 e. The molecular formula is C28H30Cl2N4O6S. The van der Waals surface area contributed by atoms with Crippen LogP contribution in [0.2, 0.25) is 10.0 Å². The molecule has 3 aromatic rings. The number of sulfonamides is 1. The molecule has 0 spiro atoms. The summed E-state index contributed by atoms with van der Waals surface area (Å²) in [6.07, 6.45) is 1.00. The zero-order chi connectivity index (χ0) is 30.3. The molecule has 0 aromatic heterocycles. The maximum absolute atomic E-state index is 14.1. The summed E-state index contributed by atoms with van der Waals surface area (Å²) in [5, 5.41) is 14.7. The summed E-state index contributed by atoms with van der Waals surface area (Å²) in [5.74, 6) is -1.20. The van der Waals surface area contributed by atoms with Crippen LogP contribution in [0, 0.1) is 10.1 Å². The number of hydrogen-bond acceptors (Lipinski definition) is 6. The van der Waals surface area contributed by atoms with Crippen LogP contribution in [0.25, 0.3) is 0 Å². The van der Waals surface area contributed by atoms with E-state index in [2.05, 4.69) is 5.32 Å². The number of carbonyl (C=O) groups is 2. The molecule has 1 N–H and O–H groups in total. The highest BCUT2D eigenvalue weighted by molar-refractivity contribution is 7.92. The van der Waals surface area contributed by atoms with Crippen molar-refractivity contribution in [2.45, 2.75) is 38.9 Å². The molecule has 0 aliphatic rings. The Hall–Kier alpha value is -3.67. The number of rotatable bonds is 12. The van der Waals surface area contributed by atoms with E-state index in [4.69, 9.17) is 23.2 Å². The Bertz CT molecular complexity index is 1500. The average Bonchev–Trinajstić information content (AvgIpc) is 2.90. The molecule has 0 saturated carbocycles. The van der Waals surface area contributed by atoms with Crippen molar-refractivity contribution in [3.05, 3.63) is 104 Å². The second-order valence-corrected chi connectivity index (χ2v) is 12.4. The van der Waals surface area contributed by atoms with Gasteiger partial charge in [-0.15, -0.1) is 0 Å². The van der Waals surface area contributed by atoms with Gasteiger partial charge in [-0.2, -0.15) is 0 Å². The zero-order valence-corrected chi connectivity index (χ0v) is 25.0. The molecule has 0 aliphatic heterocycles. The standard InChI is InChI=1S/C28H30Cl2N4O6S/c1-19(2)31-28(36)26(15-20-9-5-4-6-10-20)32(17-23-24(29)13-8-14-25(23)30)27(35)18-33(41(3,39)40)21-11-7-12-22(16-21)34(37)38/h4-14,16,19,26H,15,17-18H2,1-3H3,(H,31,36)/t26-/m0/s1. The number of nitro benzene ring substituents is 1. The van der Waals surface area contributed by atoms with Gasteiger partial charge in [0.15, 0.2) is 0 Å². The molecule has 10 nitrogen and oxygen atoms in total. The lowest BCUT2D eigenvalue weighted by atomic mass is 10.0. The molecule has 41 heavy (non-hydrogen) atoms. The molecule has 3 aromatic carbocycles. The van der Waals surface area contributed by atoms with Gasteiger partial charge in [-0.3, -0.25) is 24.0 Å². The maximum atomic E-state index is 14.1. The molecule has 0 bridgehead atoms. The Morgan fingerprint density at radius 3 is 2.15 bits per heavy atom. The molecule has 218 valence electrons. The van der Waals surface area contributed by atoms with Gasteiger partial charge in [-0.25, -0.2) is 8.42 Å². The van der Waals surface area contributed by atoms with Gasteiger partial charge in [0.1, 0.15) is 12.6 Å². The number of anilines is 1. The first-order valence-electron chi connectivity index (χ1n) is 12.6. The summed E-state index contributed by atoms with van der Waals surface area (Å²) in [5.41, 5.74) is 0.720. The van der Waals surface area contributed by atoms with E-state index in [-0.39, 0.29) is 40.4 Å². The second-order valence-electron chi connectivity index (χ2n) is 9.64. The summed E-state index contributed by atoms with van der Waals surface area (Å²) in [6, 6.07) is 17.5. The van der Waals surface area contributed by atoms with Crippen LogP contribution < -0.4 is 9.62 Å². The quantitative estimate of drug-likeness (QED) is 0.228. The first-order valence-corrected chi connectivity index (χ1v) is 15.2. The number of hydrogen-bond donors (Lipinski definition) is 1. The molecule has 13 heteroatoms. The minimum atomic E-state index is -4.09. The average molecular weight is 622 g/mol. The van der Waals surface area contributed by atoms with Crippen LogP contribution in [-0.4, -0.2) is 54.9 Å². The van der Waals surface area contributed by atoms with Gasteiger partial charge in [0, 0.05) is 46.7 Å². The minimum absolute atomic E-state index is 0.0722. The van der Waals surface area contributed by atoms with Crippen molar-refractivity contribution in [2.24, 2.45) is 0 Å². The summed E-state index contributed by atoms with van der Waals surface area (Å²) in [6.45, 7) is 2.62. The monoisotopic (exact) mass is 620 g/mol. The molecule has 0 fully saturated rings. The number of halogens is 2. The van der Waals surface area contributed by atoms with Gasteiger partial charge in [-0.05, 0) is 37.6 Å². The fraction of sp³-hybridized carbons (Fsp3) is 0.286. The van der Waals surface area contributed by atoms with E-state index in [1.807, 2.05) is 18.2 Å². The summed E-state index contributed by atoms with van der Waals surface area (Å²) in [7, 11) is -4.09. The van der Waals surface area contributed by atoms with Crippen molar-refractivity contribution in [1.82, 2.24) is 10.2 Å². The van der Waals surface area contributed by atoms with Crippen molar-refractivity contribution in [3.63, 3.8) is 0 Å². The highest BCUT2D eigenvalue weighted by Gasteiger charge is 2.34. The normalized spacial score (nSPS) is 12.0. The van der Waals surface area contributed by atoms with Gasteiger partial charge in [-0.1, -0.05) is 65.7 Å². The van der Waals surface area contributed by atoms with Crippen molar-refractivity contribution >= 4 is 56.4 Å². The van der Waals surface area contributed by atoms with Gasteiger partial charge >= 0.3 is 0 Å². The van der Waals surface area contributed by atoms with Crippen LogP contribution in [0.5, 0.6) is 0 Å². The zero-order valence-electron chi connectivity index (χ0n) is 22.7. The van der Waals surface area contributed by atoms with Crippen LogP contribution in [0.3, 0.4) is 0 Å². The van der Waals surface area contributed by atoms with Crippen molar-refractivity contribution < 1.29 is 22.9 Å². The number of nitrogens with zero attached hydrogens (tertiary/aromatic N) is 3. The maximum Gasteiger partial charge on any atom is 0.271 e. The predicted molar refractivity (Wildman–Crippen MR) is 160 cm³/mol. The molecule has 0 saturated heterocycles. The van der Waals surface area contributed by atoms with Crippen LogP contribution >= 0.6 is 23.2 Å². The van der Waals surface area contributed by atoms with Crippen molar-refractivity contribution in [3.8, 4) is 0 Å². The van der Waals surface area contributed by atoms with Gasteiger partial charge in [0.25, 0.3) is 5.69 Å². The SMILES string of the molecule is CC(C)NC(=O)[C@H](Cc1ccccc1)N(Cc1c(Cl)cccc1Cl)C(=O)CN(c1cccc([N+](=O)[O-])c1)S(C)(=O)=O. The van der Waals surface area contributed by atoms with Crippen LogP contribution in [-0.2, 0) is 32.6 Å². The van der Waals surface area contributed by atoms with E-state index in [0.29, 0.717) is 5.56 Å². The molecule has 0 heterocycles. The van der Waals surface area contributed by atoms with E-state index >= 15 is 0 Å². The largest absolute Gasteiger partial charge is 0.352 e. The molecular weight excluding hydrogens is 591 g/mol. The fourth-order valence-corrected chi connectivity index (χ4v) is 5.52. The third-order valence-electron chi connectivity index (χ3n) is 6.10. The van der Waals surface area contributed by atoms with Gasteiger partial charge in [0.2, 0.25) is 21.8 Å². The van der Waals surface area contributed by atoms with E-state index < -0.39 is 39.3 Å². The van der Waals surface area contributed by atoms with Crippen LogP contribution in [0.1, 0.15) is 25.0 Å². The molecule has 0 radical (unpaired) electrons. The third-order valence-corrected chi connectivity index (χ3v) is 7.95. The highest BCUT2D eigenvalue weighted by Crippen LogP contribution is 2.28. The lowest BCUT2D eigenvalue weighted by Gasteiger charge is -2.34. The van der Waals surface area contributed by atoms with E-state index in [1.165, 1.54) is 23.1 Å². The molecule has 2 amide bonds. The van der Waals surface area contributed by atoms with Crippen molar-refractivity contribution in [2.75, 3.05) is 17.1 Å². The molecule has 0 aliphatic carbocycles.